The van der Waals surface area contributed by atoms with Crippen LogP contribution in [0.4, 0.5) is 5.69 Å². The van der Waals surface area contributed by atoms with Gasteiger partial charge in [0.1, 0.15) is 10.9 Å². The van der Waals surface area contributed by atoms with Crippen molar-refractivity contribution in [3.05, 3.63) is 23.2 Å². The number of rotatable bonds is 3. The first-order valence-corrected chi connectivity index (χ1v) is 7.60. The lowest BCUT2D eigenvalue weighted by Crippen LogP contribution is -2.54. The van der Waals surface area contributed by atoms with Crippen molar-refractivity contribution in [3.63, 3.8) is 0 Å². The van der Waals surface area contributed by atoms with Crippen molar-refractivity contribution in [2.75, 3.05) is 25.5 Å². The number of nitrogen functional groups attached to an aromatic ring is 1. The molecule has 1 atom stereocenters. The van der Waals surface area contributed by atoms with Gasteiger partial charge in [-0.3, -0.25) is 4.79 Å². The highest BCUT2D eigenvalue weighted by Crippen LogP contribution is 2.27. The second kappa shape index (κ2) is 5.57. The number of anilines is 1. The molecule has 0 bridgehead atoms. The third kappa shape index (κ3) is 2.73. The molecule has 1 aromatic rings. The maximum absolute atomic E-state index is 12.6. The zero-order valence-corrected chi connectivity index (χ0v) is 12.0. The van der Waals surface area contributed by atoms with Crippen LogP contribution >= 0.6 is 11.6 Å². The Kier molecular flexibility index (Phi) is 4.19. The highest BCUT2D eigenvalue weighted by atomic mass is 35.5. The zero-order valence-electron chi connectivity index (χ0n) is 10.5. The van der Waals surface area contributed by atoms with Gasteiger partial charge in [-0.15, -0.1) is 0 Å². The van der Waals surface area contributed by atoms with Crippen LogP contribution in [-0.2, 0) is 19.6 Å². The van der Waals surface area contributed by atoms with Crippen LogP contribution < -0.4 is 11.5 Å². The van der Waals surface area contributed by atoms with Crippen LogP contribution in [0.5, 0.6) is 0 Å². The van der Waals surface area contributed by atoms with Crippen LogP contribution in [0.2, 0.25) is 5.02 Å². The number of hydrogen-bond donors (Lipinski definition) is 2. The van der Waals surface area contributed by atoms with Crippen LogP contribution in [0.3, 0.4) is 0 Å². The van der Waals surface area contributed by atoms with Crippen LogP contribution in [0.15, 0.2) is 23.1 Å². The summed E-state index contributed by atoms with van der Waals surface area (Å²) in [5, 5.41) is 0.238. The SMILES string of the molecule is NC(=O)C1COCCN1S(=O)(=O)c1cc(Cl)ccc1N. The molecule has 1 aromatic carbocycles. The second-order valence-corrected chi connectivity index (χ2v) is 6.59. The van der Waals surface area contributed by atoms with Gasteiger partial charge < -0.3 is 16.2 Å². The Morgan fingerprint density at radius 1 is 1.45 bits per heavy atom. The molecule has 1 saturated heterocycles. The first kappa shape index (κ1) is 15.0. The Labute approximate surface area is 121 Å². The molecule has 7 nitrogen and oxygen atoms in total. The smallest absolute Gasteiger partial charge is 0.246 e. The number of primary amides is 1. The lowest BCUT2D eigenvalue weighted by molar-refractivity contribution is -0.125. The Balaban J connectivity index is 2.47. The number of morpholine rings is 1. The van der Waals surface area contributed by atoms with E-state index in [4.69, 9.17) is 27.8 Å². The predicted molar refractivity (Wildman–Crippen MR) is 73.6 cm³/mol. The molecule has 0 aromatic heterocycles. The monoisotopic (exact) mass is 319 g/mol. The van der Waals surface area contributed by atoms with Gasteiger partial charge in [0.15, 0.2) is 0 Å². The van der Waals surface area contributed by atoms with Gasteiger partial charge in [-0.25, -0.2) is 8.42 Å². The van der Waals surface area contributed by atoms with E-state index in [2.05, 4.69) is 0 Å². The number of amides is 1. The molecule has 1 aliphatic rings. The largest absolute Gasteiger partial charge is 0.398 e. The molecule has 1 unspecified atom stereocenters. The predicted octanol–water partition coefficient (Wildman–Crippen LogP) is -0.203. The summed E-state index contributed by atoms with van der Waals surface area (Å²) in [5.74, 6) is -0.770. The van der Waals surface area contributed by atoms with Gasteiger partial charge in [0.25, 0.3) is 0 Å². The number of carbonyl (C=O) groups is 1. The molecule has 110 valence electrons. The van der Waals surface area contributed by atoms with Gasteiger partial charge >= 0.3 is 0 Å². The normalized spacial score (nSPS) is 20.8. The number of halogens is 1. The number of sulfonamides is 1. The molecular formula is C11H14ClN3O4S. The number of nitrogens with zero attached hydrogens (tertiary/aromatic N) is 1. The molecule has 0 spiro atoms. The summed E-state index contributed by atoms with van der Waals surface area (Å²) in [4.78, 5) is 11.2. The minimum Gasteiger partial charge on any atom is -0.398 e. The average Bonchev–Trinajstić information content (AvgIpc) is 2.41. The second-order valence-electron chi connectivity index (χ2n) is 4.29. The molecule has 4 N–H and O–H groups in total. The zero-order chi connectivity index (χ0) is 14.9. The molecule has 1 heterocycles. The van der Waals surface area contributed by atoms with Crippen molar-refractivity contribution in [3.8, 4) is 0 Å². The van der Waals surface area contributed by atoms with E-state index < -0.39 is 22.0 Å². The van der Waals surface area contributed by atoms with E-state index in [1.165, 1.54) is 18.2 Å². The molecule has 20 heavy (non-hydrogen) atoms. The number of benzene rings is 1. The summed E-state index contributed by atoms with van der Waals surface area (Å²) in [5.41, 5.74) is 11.0. The first-order valence-electron chi connectivity index (χ1n) is 5.78. The highest BCUT2D eigenvalue weighted by Gasteiger charge is 2.38. The molecule has 1 amide bonds. The third-order valence-corrected chi connectivity index (χ3v) is 5.17. The van der Waals surface area contributed by atoms with Crippen molar-refractivity contribution >= 4 is 33.2 Å². The summed E-state index contributed by atoms with van der Waals surface area (Å²) in [6, 6.07) is 3.09. The fourth-order valence-electron chi connectivity index (χ4n) is 1.96. The minimum atomic E-state index is -3.97. The van der Waals surface area contributed by atoms with Crippen LogP contribution in [0, 0.1) is 0 Å². The summed E-state index contributed by atoms with van der Waals surface area (Å²) in [6.07, 6.45) is 0. The number of hydrogen-bond acceptors (Lipinski definition) is 5. The molecular weight excluding hydrogens is 306 g/mol. The summed E-state index contributed by atoms with van der Waals surface area (Å²) < 4.78 is 31.3. The summed E-state index contributed by atoms with van der Waals surface area (Å²) in [6.45, 7) is 0.139. The fourth-order valence-corrected chi connectivity index (χ4v) is 3.90. The van der Waals surface area contributed by atoms with Crippen LogP contribution in [0.1, 0.15) is 0 Å². The van der Waals surface area contributed by atoms with E-state index in [-0.39, 0.29) is 35.4 Å². The quantitative estimate of drug-likeness (QED) is 0.748. The topological polar surface area (TPSA) is 116 Å². The molecule has 0 saturated carbocycles. The van der Waals surface area contributed by atoms with E-state index in [0.717, 1.165) is 4.31 Å². The maximum Gasteiger partial charge on any atom is 0.246 e. The average molecular weight is 320 g/mol. The van der Waals surface area contributed by atoms with Crippen LogP contribution in [0.25, 0.3) is 0 Å². The number of carbonyl (C=O) groups excluding carboxylic acids is 1. The molecule has 1 aliphatic heterocycles. The van der Waals surface area contributed by atoms with Crippen molar-refractivity contribution in [2.24, 2.45) is 5.73 Å². The van der Waals surface area contributed by atoms with Gasteiger partial charge in [0.2, 0.25) is 15.9 Å². The van der Waals surface area contributed by atoms with Crippen molar-refractivity contribution in [1.29, 1.82) is 0 Å². The van der Waals surface area contributed by atoms with E-state index >= 15 is 0 Å². The lowest BCUT2D eigenvalue weighted by Gasteiger charge is -2.32. The number of ether oxygens (including phenoxy) is 1. The minimum absolute atomic E-state index is 0.0297. The van der Waals surface area contributed by atoms with E-state index in [1.807, 2.05) is 0 Å². The molecule has 0 radical (unpaired) electrons. The van der Waals surface area contributed by atoms with Gasteiger partial charge in [0, 0.05) is 11.6 Å². The van der Waals surface area contributed by atoms with E-state index in [1.54, 1.807) is 0 Å². The summed E-state index contributed by atoms with van der Waals surface area (Å²) >= 11 is 5.81. The molecule has 1 fully saturated rings. The molecule has 2 rings (SSSR count). The van der Waals surface area contributed by atoms with Gasteiger partial charge in [-0.05, 0) is 18.2 Å². The Bertz CT molecular complexity index is 635. The summed E-state index contributed by atoms with van der Waals surface area (Å²) in [7, 11) is -3.97. The van der Waals surface area contributed by atoms with Crippen molar-refractivity contribution in [1.82, 2.24) is 4.31 Å². The third-order valence-electron chi connectivity index (χ3n) is 2.97. The standard InChI is InChI=1S/C11H14ClN3O4S/c12-7-1-2-8(13)10(5-7)20(17,18)15-3-4-19-6-9(15)11(14)16/h1-2,5,9H,3-4,6,13H2,(H2,14,16). The lowest BCUT2D eigenvalue weighted by atomic mass is 10.3. The molecule has 0 aliphatic carbocycles. The van der Waals surface area contributed by atoms with Gasteiger partial charge in [-0.2, -0.15) is 4.31 Å². The van der Waals surface area contributed by atoms with Crippen molar-refractivity contribution < 1.29 is 17.9 Å². The van der Waals surface area contributed by atoms with Gasteiger partial charge in [-0.1, -0.05) is 11.6 Å². The first-order chi connectivity index (χ1) is 9.34. The fraction of sp³-hybridized carbons (Fsp3) is 0.364. The highest BCUT2D eigenvalue weighted by molar-refractivity contribution is 7.89. The van der Waals surface area contributed by atoms with Crippen LogP contribution in [-0.4, -0.2) is 44.4 Å². The Hall–Kier alpha value is -1.35. The van der Waals surface area contributed by atoms with E-state index in [9.17, 15) is 13.2 Å². The maximum atomic E-state index is 12.6. The van der Waals surface area contributed by atoms with E-state index in [0.29, 0.717) is 0 Å². The Morgan fingerprint density at radius 2 is 2.15 bits per heavy atom. The number of nitrogens with two attached hydrogens (primary N) is 2. The van der Waals surface area contributed by atoms with Crippen molar-refractivity contribution in [2.45, 2.75) is 10.9 Å². The Morgan fingerprint density at radius 3 is 2.80 bits per heavy atom. The molecule has 9 heteroatoms. The van der Waals surface area contributed by atoms with Gasteiger partial charge in [0.05, 0.1) is 18.9 Å².